The van der Waals surface area contributed by atoms with Crippen molar-refractivity contribution in [2.75, 3.05) is 5.32 Å². The number of anilines is 1. The number of hydrogen-bond donors (Lipinski definition) is 1. The standard InChI is InChI=1S/C16H23NO2/c1-12(2)16(19)10-5-4-7-14-8-6-9-15(11-14)17-13(3)18/h6,8-9,11-12H,4-5,7,10H2,1-3H3,(H,17,18). The van der Waals surface area contributed by atoms with E-state index in [1.54, 1.807) is 0 Å². The number of rotatable bonds is 7. The van der Waals surface area contributed by atoms with E-state index < -0.39 is 0 Å². The molecule has 0 spiro atoms. The predicted octanol–water partition coefficient (Wildman–Crippen LogP) is 3.58. The number of hydrogen-bond acceptors (Lipinski definition) is 2. The fourth-order valence-corrected chi connectivity index (χ4v) is 1.92. The summed E-state index contributed by atoms with van der Waals surface area (Å²) in [6, 6.07) is 7.87. The summed E-state index contributed by atoms with van der Waals surface area (Å²) < 4.78 is 0. The molecule has 1 amide bonds. The van der Waals surface area contributed by atoms with Crippen molar-refractivity contribution in [3.63, 3.8) is 0 Å². The third-order valence-corrected chi connectivity index (χ3v) is 3.03. The van der Waals surface area contributed by atoms with Gasteiger partial charge in [0.2, 0.25) is 5.91 Å². The molecule has 0 aliphatic rings. The summed E-state index contributed by atoms with van der Waals surface area (Å²) >= 11 is 0. The van der Waals surface area contributed by atoms with Crippen LogP contribution in [0.2, 0.25) is 0 Å². The van der Waals surface area contributed by atoms with Crippen LogP contribution < -0.4 is 5.32 Å². The zero-order valence-electron chi connectivity index (χ0n) is 12.0. The highest BCUT2D eigenvalue weighted by Gasteiger charge is 2.06. The fraction of sp³-hybridized carbons (Fsp3) is 0.500. The van der Waals surface area contributed by atoms with Gasteiger partial charge in [0.15, 0.2) is 0 Å². The van der Waals surface area contributed by atoms with Crippen molar-refractivity contribution in [2.45, 2.75) is 46.5 Å². The van der Waals surface area contributed by atoms with Crippen molar-refractivity contribution in [3.8, 4) is 0 Å². The first kappa shape index (κ1) is 15.4. The largest absolute Gasteiger partial charge is 0.326 e. The summed E-state index contributed by atoms with van der Waals surface area (Å²) in [5.74, 6) is 0.426. The van der Waals surface area contributed by atoms with E-state index in [0.717, 1.165) is 24.9 Å². The number of ketones is 1. The Bertz CT molecular complexity index is 438. The second-order valence-corrected chi connectivity index (χ2v) is 5.21. The minimum absolute atomic E-state index is 0.0559. The van der Waals surface area contributed by atoms with Crippen LogP contribution in [0.3, 0.4) is 0 Å². The first-order valence-corrected chi connectivity index (χ1v) is 6.88. The zero-order valence-corrected chi connectivity index (χ0v) is 12.0. The van der Waals surface area contributed by atoms with E-state index >= 15 is 0 Å². The lowest BCUT2D eigenvalue weighted by Crippen LogP contribution is -2.06. The molecule has 3 nitrogen and oxygen atoms in total. The summed E-state index contributed by atoms with van der Waals surface area (Å²) in [6.45, 7) is 5.39. The highest BCUT2D eigenvalue weighted by Crippen LogP contribution is 2.14. The van der Waals surface area contributed by atoms with E-state index in [0.29, 0.717) is 12.2 Å². The minimum atomic E-state index is -0.0559. The van der Waals surface area contributed by atoms with Gasteiger partial charge in [-0.15, -0.1) is 0 Å². The molecule has 3 heteroatoms. The van der Waals surface area contributed by atoms with Crippen molar-refractivity contribution < 1.29 is 9.59 Å². The van der Waals surface area contributed by atoms with Gasteiger partial charge >= 0.3 is 0 Å². The van der Waals surface area contributed by atoms with Gasteiger partial charge in [-0.1, -0.05) is 26.0 Å². The van der Waals surface area contributed by atoms with Gasteiger partial charge in [0.1, 0.15) is 5.78 Å². The van der Waals surface area contributed by atoms with Crippen LogP contribution in [0, 0.1) is 5.92 Å². The third-order valence-electron chi connectivity index (χ3n) is 3.03. The second-order valence-electron chi connectivity index (χ2n) is 5.21. The van der Waals surface area contributed by atoms with Crippen LogP contribution in [0.1, 0.15) is 45.6 Å². The molecule has 0 aliphatic carbocycles. The Hall–Kier alpha value is -1.64. The average Bonchev–Trinajstić information content (AvgIpc) is 2.34. The Morgan fingerprint density at radius 3 is 2.58 bits per heavy atom. The van der Waals surface area contributed by atoms with Crippen molar-refractivity contribution >= 4 is 17.4 Å². The maximum atomic E-state index is 11.5. The molecule has 0 heterocycles. The number of unbranched alkanes of at least 4 members (excludes halogenated alkanes) is 1. The van der Waals surface area contributed by atoms with Crippen LogP contribution in [0.25, 0.3) is 0 Å². The molecule has 0 unspecified atom stereocenters. The maximum absolute atomic E-state index is 11.5. The number of nitrogens with one attached hydrogen (secondary N) is 1. The molecule has 0 saturated carbocycles. The van der Waals surface area contributed by atoms with Crippen LogP contribution in [0.4, 0.5) is 5.69 Å². The Kier molecular flexibility index (Phi) is 6.26. The predicted molar refractivity (Wildman–Crippen MR) is 78.1 cm³/mol. The molecule has 0 radical (unpaired) electrons. The van der Waals surface area contributed by atoms with Gasteiger partial charge in [-0.3, -0.25) is 9.59 Å². The quantitative estimate of drug-likeness (QED) is 0.762. The van der Waals surface area contributed by atoms with Crippen LogP contribution in [-0.2, 0) is 16.0 Å². The molecule has 0 bridgehead atoms. The minimum Gasteiger partial charge on any atom is -0.326 e. The van der Waals surface area contributed by atoms with E-state index in [2.05, 4.69) is 11.4 Å². The van der Waals surface area contributed by atoms with Gasteiger partial charge in [0, 0.05) is 24.9 Å². The van der Waals surface area contributed by atoms with E-state index in [4.69, 9.17) is 0 Å². The average molecular weight is 261 g/mol. The summed E-state index contributed by atoms with van der Waals surface area (Å²) in [6.07, 6.45) is 3.55. The lowest BCUT2D eigenvalue weighted by Gasteiger charge is -2.06. The van der Waals surface area contributed by atoms with E-state index in [9.17, 15) is 9.59 Å². The number of benzene rings is 1. The molecule has 1 N–H and O–H groups in total. The van der Waals surface area contributed by atoms with Gasteiger partial charge in [0.05, 0.1) is 0 Å². The first-order chi connectivity index (χ1) is 8.99. The van der Waals surface area contributed by atoms with Crippen molar-refractivity contribution in [2.24, 2.45) is 5.92 Å². The summed E-state index contributed by atoms with van der Waals surface area (Å²) in [5, 5.41) is 2.78. The van der Waals surface area contributed by atoms with Gasteiger partial charge in [-0.2, -0.15) is 0 Å². The topological polar surface area (TPSA) is 46.2 Å². The number of aryl methyl sites for hydroxylation is 1. The highest BCUT2D eigenvalue weighted by atomic mass is 16.1. The van der Waals surface area contributed by atoms with E-state index in [1.165, 1.54) is 12.5 Å². The van der Waals surface area contributed by atoms with Crippen molar-refractivity contribution in [1.29, 1.82) is 0 Å². The van der Waals surface area contributed by atoms with E-state index in [1.807, 2.05) is 32.0 Å². The molecule has 0 fully saturated rings. The van der Waals surface area contributed by atoms with Crippen molar-refractivity contribution in [1.82, 2.24) is 0 Å². The molecule has 0 aromatic heterocycles. The fourth-order valence-electron chi connectivity index (χ4n) is 1.92. The number of amides is 1. The smallest absolute Gasteiger partial charge is 0.221 e. The normalized spacial score (nSPS) is 10.5. The number of Topliss-reactive ketones (excluding diaryl/α,β-unsaturated/α-hetero) is 1. The number of carbonyl (C=O) groups is 2. The molecule has 1 rings (SSSR count). The first-order valence-electron chi connectivity index (χ1n) is 6.88. The molecule has 0 aliphatic heterocycles. The Balaban J connectivity index is 2.37. The lowest BCUT2D eigenvalue weighted by molar-refractivity contribution is -0.122. The molecule has 19 heavy (non-hydrogen) atoms. The molecule has 104 valence electrons. The van der Waals surface area contributed by atoms with Gasteiger partial charge in [-0.25, -0.2) is 0 Å². The molecule has 1 aromatic rings. The second kappa shape index (κ2) is 7.72. The molecule has 0 atom stereocenters. The molecular formula is C16H23NO2. The maximum Gasteiger partial charge on any atom is 0.221 e. The van der Waals surface area contributed by atoms with E-state index in [-0.39, 0.29) is 11.8 Å². The molecule has 1 aromatic carbocycles. The summed E-state index contributed by atoms with van der Waals surface area (Å²) in [5.41, 5.74) is 2.03. The SMILES string of the molecule is CC(=O)Nc1cccc(CCCCC(=O)C(C)C)c1. The third kappa shape index (κ3) is 6.18. The molecular weight excluding hydrogens is 238 g/mol. The number of carbonyl (C=O) groups excluding carboxylic acids is 2. The Labute approximate surface area is 115 Å². The summed E-state index contributed by atoms with van der Waals surface area (Å²) in [4.78, 5) is 22.5. The van der Waals surface area contributed by atoms with Crippen molar-refractivity contribution in [3.05, 3.63) is 29.8 Å². The van der Waals surface area contributed by atoms with Crippen LogP contribution in [0.15, 0.2) is 24.3 Å². The Morgan fingerprint density at radius 2 is 1.95 bits per heavy atom. The van der Waals surface area contributed by atoms with Crippen LogP contribution >= 0.6 is 0 Å². The zero-order chi connectivity index (χ0) is 14.3. The highest BCUT2D eigenvalue weighted by molar-refractivity contribution is 5.88. The molecule has 0 saturated heterocycles. The monoisotopic (exact) mass is 261 g/mol. The van der Waals surface area contributed by atoms with Gasteiger partial charge in [-0.05, 0) is 37.0 Å². The van der Waals surface area contributed by atoms with Crippen LogP contribution in [0.5, 0.6) is 0 Å². The summed E-state index contributed by atoms with van der Waals surface area (Å²) in [7, 11) is 0. The van der Waals surface area contributed by atoms with Gasteiger partial charge in [0.25, 0.3) is 0 Å². The Morgan fingerprint density at radius 1 is 1.21 bits per heavy atom. The van der Waals surface area contributed by atoms with Gasteiger partial charge < -0.3 is 5.32 Å². The van der Waals surface area contributed by atoms with Crippen LogP contribution in [-0.4, -0.2) is 11.7 Å². The lowest BCUT2D eigenvalue weighted by atomic mass is 10.0.